The van der Waals surface area contributed by atoms with Crippen LogP contribution in [0, 0.1) is 17.2 Å². The smallest absolute Gasteiger partial charge is 0.212 e. The first kappa shape index (κ1) is 10.2. The molecule has 0 aliphatic heterocycles. The maximum atomic E-state index is 8.90. The molecule has 2 rings (SSSR count). The van der Waals surface area contributed by atoms with E-state index in [9.17, 15) is 0 Å². The molecule has 80 valence electrons. The number of hydrogen-bond donors (Lipinski definition) is 0. The highest BCUT2D eigenvalue weighted by Gasteiger charge is 2.22. The van der Waals surface area contributed by atoms with Gasteiger partial charge in [0.1, 0.15) is 6.07 Å². The van der Waals surface area contributed by atoms with E-state index in [0.717, 1.165) is 5.92 Å². The van der Waals surface area contributed by atoms with Gasteiger partial charge in [0.05, 0.1) is 0 Å². The van der Waals surface area contributed by atoms with E-state index in [4.69, 9.17) is 5.26 Å². The topological polar surface area (TPSA) is 41.6 Å². The molecule has 0 atom stereocenters. The Morgan fingerprint density at radius 2 is 2.20 bits per heavy atom. The molecule has 3 nitrogen and oxygen atoms in total. The molecule has 0 bridgehead atoms. The molecule has 0 N–H and O–H groups in total. The Labute approximate surface area is 90.7 Å². The van der Waals surface area contributed by atoms with Crippen molar-refractivity contribution >= 4 is 0 Å². The Morgan fingerprint density at radius 3 is 2.80 bits per heavy atom. The first-order chi connectivity index (χ1) is 7.35. The lowest BCUT2D eigenvalue weighted by atomic mass is 9.84. The first-order valence-electron chi connectivity index (χ1n) is 5.78. The number of nitrogens with zero attached hydrogens (tertiary/aromatic N) is 3. The molecular formula is C12H17N3. The first-order valence-corrected chi connectivity index (χ1v) is 5.78. The van der Waals surface area contributed by atoms with Crippen molar-refractivity contribution in [2.45, 2.75) is 45.1 Å². The largest absolute Gasteiger partial charge is 0.320 e. The Morgan fingerprint density at radius 1 is 1.47 bits per heavy atom. The Hall–Kier alpha value is -1.30. The normalized spacial score (nSPS) is 26.1. The van der Waals surface area contributed by atoms with Crippen molar-refractivity contribution < 1.29 is 0 Å². The summed E-state index contributed by atoms with van der Waals surface area (Å²) in [6, 6.07) is 2.65. The second-order valence-corrected chi connectivity index (χ2v) is 4.35. The van der Waals surface area contributed by atoms with Gasteiger partial charge in [0, 0.05) is 18.4 Å². The van der Waals surface area contributed by atoms with Crippen LogP contribution in [0.1, 0.15) is 50.9 Å². The third-order valence-corrected chi connectivity index (χ3v) is 3.56. The lowest BCUT2D eigenvalue weighted by Crippen LogP contribution is -2.18. The van der Waals surface area contributed by atoms with Gasteiger partial charge in [-0.15, -0.1) is 0 Å². The van der Waals surface area contributed by atoms with Crippen molar-refractivity contribution in [1.29, 1.82) is 5.26 Å². The fourth-order valence-electron chi connectivity index (χ4n) is 2.53. The molecule has 0 radical (unpaired) electrons. The Bertz CT molecular complexity index is 353. The molecule has 0 amide bonds. The fourth-order valence-corrected chi connectivity index (χ4v) is 2.53. The predicted octanol–water partition coefficient (Wildman–Crippen LogP) is 2.90. The number of aromatic nitrogens is 2. The van der Waals surface area contributed by atoms with Crippen molar-refractivity contribution in [3.05, 3.63) is 18.2 Å². The molecule has 1 aliphatic carbocycles. The molecule has 1 aromatic rings. The third-order valence-electron chi connectivity index (χ3n) is 3.56. The Kier molecular flexibility index (Phi) is 3.05. The molecule has 1 heterocycles. The van der Waals surface area contributed by atoms with Crippen LogP contribution >= 0.6 is 0 Å². The highest BCUT2D eigenvalue weighted by molar-refractivity contribution is 5.12. The summed E-state index contributed by atoms with van der Waals surface area (Å²) in [6.07, 6.45) is 9.95. The Balaban J connectivity index is 2.05. The minimum absolute atomic E-state index is 0.505. The molecule has 0 unspecified atom stereocenters. The highest BCUT2D eigenvalue weighted by Crippen LogP contribution is 2.33. The molecule has 0 saturated heterocycles. The summed E-state index contributed by atoms with van der Waals surface area (Å²) in [5.74, 6) is 1.46. The summed E-state index contributed by atoms with van der Waals surface area (Å²) in [5, 5.41) is 8.90. The standard InChI is InChI=1S/C12H17N3/c1-2-10-3-5-11(6-4-10)15-8-7-14-12(15)9-13/h7-8,10-11H,2-6H2,1H3. The van der Waals surface area contributed by atoms with E-state index >= 15 is 0 Å². The predicted molar refractivity (Wildman–Crippen MR) is 58.2 cm³/mol. The number of imidazole rings is 1. The number of rotatable bonds is 2. The number of nitriles is 1. The second kappa shape index (κ2) is 4.48. The van der Waals surface area contributed by atoms with E-state index in [1.807, 2.05) is 10.8 Å². The van der Waals surface area contributed by atoms with Crippen LogP contribution in [0.3, 0.4) is 0 Å². The average Bonchev–Trinajstić information content (AvgIpc) is 2.77. The summed E-state index contributed by atoms with van der Waals surface area (Å²) in [7, 11) is 0. The molecule has 15 heavy (non-hydrogen) atoms. The summed E-state index contributed by atoms with van der Waals surface area (Å²) >= 11 is 0. The van der Waals surface area contributed by atoms with Crippen molar-refractivity contribution in [3.63, 3.8) is 0 Å². The fraction of sp³-hybridized carbons (Fsp3) is 0.667. The monoisotopic (exact) mass is 203 g/mol. The molecule has 0 spiro atoms. The summed E-state index contributed by atoms with van der Waals surface area (Å²) in [6.45, 7) is 2.27. The zero-order valence-electron chi connectivity index (χ0n) is 9.19. The van der Waals surface area contributed by atoms with Gasteiger partial charge in [0.15, 0.2) is 0 Å². The van der Waals surface area contributed by atoms with Crippen molar-refractivity contribution in [1.82, 2.24) is 9.55 Å². The summed E-state index contributed by atoms with van der Waals surface area (Å²) in [5.41, 5.74) is 0. The third kappa shape index (κ3) is 2.04. The summed E-state index contributed by atoms with van der Waals surface area (Å²) in [4.78, 5) is 4.05. The van der Waals surface area contributed by atoms with Gasteiger partial charge in [-0.2, -0.15) is 5.26 Å². The van der Waals surface area contributed by atoms with Gasteiger partial charge >= 0.3 is 0 Å². The molecule has 0 aromatic carbocycles. The zero-order chi connectivity index (χ0) is 10.7. The molecule has 1 saturated carbocycles. The van der Waals surface area contributed by atoms with Crippen LogP contribution in [0.2, 0.25) is 0 Å². The van der Waals surface area contributed by atoms with Gasteiger partial charge in [-0.3, -0.25) is 0 Å². The minimum Gasteiger partial charge on any atom is -0.320 e. The molecule has 1 fully saturated rings. The lowest BCUT2D eigenvalue weighted by molar-refractivity contribution is 0.268. The SMILES string of the molecule is CCC1CCC(n2ccnc2C#N)CC1. The van der Waals surface area contributed by atoms with E-state index in [1.165, 1.54) is 32.1 Å². The minimum atomic E-state index is 0.505. The van der Waals surface area contributed by atoms with Crippen LogP contribution in [0.25, 0.3) is 0 Å². The van der Waals surface area contributed by atoms with Gasteiger partial charge in [-0.25, -0.2) is 4.98 Å². The van der Waals surface area contributed by atoms with Crippen LogP contribution in [-0.2, 0) is 0 Å². The molecule has 3 heteroatoms. The van der Waals surface area contributed by atoms with E-state index < -0.39 is 0 Å². The van der Waals surface area contributed by atoms with Gasteiger partial charge in [-0.1, -0.05) is 13.3 Å². The molecular weight excluding hydrogens is 186 g/mol. The van der Waals surface area contributed by atoms with Gasteiger partial charge in [0.25, 0.3) is 0 Å². The molecule has 1 aromatic heterocycles. The van der Waals surface area contributed by atoms with E-state index in [0.29, 0.717) is 11.9 Å². The maximum Gasteiger partial charge on any atom is 0.212 e. The van der Waals surface area contributed by atoms with Crippen LogP contribution < -0.4 is 0 Å². The summed E-state index contributed by atoms with van der Waals surface area (Å²) < 4.78 is 2.05. The van der Waals surface area contributed by atoms with E-state index in [-0.39, 0.29) is 0 Å². The van der Waals surface area contributed by atoms with Crippen LogP contribution in [0.15, 0.2) is 12.4 Å². The molecule has 1 aliphatic rings. The highest BCUT2D eigenvalue weighted by atomic mass is 15.1. The van der Waals surface area contributed by atoms with Crippen molar-refractivity contribution in [3.8, 4) is 6.07 Å². The van der Waals surface area contributed by atoms with E-state index in [2.05, 4.69) is 18.0 Å². The number of hydrogen-bond acceptors (Lipinski definition) is 2. The van der Waals surface area contributed by atoms with Gasteiger partial charge in [-0.05, 0) is 31.6 Å². The van der Waals surface area contributed by atoms with Crippen LogP contribution in [0.5, 0.6) is 0 Å². The lowest BCUT2D eigenvalue weighted by Gasteiger charge is -2.28. The average molecular weight is 203 g/mol. The quantitative estimate of drug-likeness (QED) is 0.741. The maximum absolute atomic E-state index is 8.90. The van der Waals surface area contributed by atoms with Gasteiger partial charge < -0.3 is 4.57 Å². The van der Waals surface area contributed by atoms with Crippen molar-refractivity contribution in [2.24, 2.45) is 5.92 Å². The zero-order valence-corrected chi connectivity index (χ0v) is 9.19. The van der Waals surface area contributed by atoms with E-state index in [1.54, 1.807) is 6.20 Å². The van der Waals surface area contributed by atoms with Crippen LogP contribution in [0.4, 0.5) is 0 Å². The van der Waals surface area contributed by atoms with Crippen molar-refractivity contribution in [2.75, 3.05) is 0 Å². The van der Waals surface area contributed by atoms with Crippen LogP contribution in [-0.4, -0.2) is 9.55 Å². The second-order valence-electron chi connectivity index (χ2n) is 4.35. The van der Waals surface area contributed by atoms with Gasteiger partial charge in [0.2, 0.25) is 5.82 Å².